The van der Waals surface area contributed by atoms with Crippen molar-refractivity contribution in [3.05, 3.63) is 29.8 Å². The summed E-state index contributed by atoms with van der Waals surface area (Å²) in [7, 11) is 1.63. The van der Waals surface area contributed by atoms with Crippen molar-refractivity contribution in [2.24, 2.45) is 0 Å². The highest BCUT2D eigenvalue weighted by atomic mass is 32.2. The molecule has 0 atom stereocenters. The van der Waals surface area contributed by atoms with Crippen LogP contribution in [0.25, 0.3) is 0 Å². The van der Waals surface area contributed by atoms with Crippen LogP contribution in [0.2, 0.25) is 0 Å². The summed E-state index contributed by atoms with van der Waals surface area (Å²) in [6.07, 6.45) is 1.61. The van der Waals surface area contributed by atoms with Crippen molar-refractivity contribution in [3.8, 4) is 5.75 Å². The second-order valence-corrected chi connectivity index (χ2v) is 5.78. The zero-order chi connectivity index (χ0) is 15.0. The van der Waals surface area contributed by atoms with E-state index in [9.17, 15) is 4.79 Å². The molecule has 1 rings (SSSR count). The molecule has 0 aliphatic rings. The van der Waals surface area contributed by atoms with Crippen LogP contribution in [-0.2, 0) is 4.18 Å². The van der Waals surface area contributed by atoms with E-state index < -0.39 is 6.09 Å². The molecule has 1 aromatic rings. The SMILES string of the molecule is CCCCOSN(C)C(=O)Oc1cccc(C(C)C)c1. The molecule has 0 bridgehead atoms. The number of unbranched alkanes of at least 4 members (excludes halogenated alkanes) is 1. The van der Waals surface area contributed by atoms with E-state index in [0.29, 0.717) is 18.3 Å². The van der Waals surface area contributed by atoms with E-state index >= 15 is 0 Å². The molecule has 0 N–H and O–H groups in total. The Morgan fingerprint density at radius 3 is 2.80 bits per heavy atom. The number of hydrogen-bond donors (Lipinski definition) is 0. The van der Waals surface area contributed by atoms with Gasteiger partial charge in [0.1, 0.15) is 18.0 Å². The molecule has 4 nitrogen and oxygen atoms in total. The Hall–Kier alpha value is -1.20. The van der Waals surface area contributed by atoms with Gasteiger partial charge in [0.15, 0.2) is 0 Å². The summed E-state index contributed by atoms with van der Waals surface area (Å²) in [6, 6.07) is 7.58. The molecule has 0 heterocycles. The van der Waals surface area contributed by atoms with Gasteiger partial charge in [-0.25, -0.2) is 9.10 Å². The van der Waals surface area contributed by atoms with Gasteiger partial charge >= 0.3 is 6.09 Å². The van der Waals surface area contributed by atoms with Crippen LogP contribution >= 0.6 is 12.2 Å². The fourth-order valence-electron chi connectivity index (χ4n) is 1.45. The van der Waals surface area contributed by atoms with Crippen molar-refractivity contribution < 1.29 is 13.7 Å². The van der Waals surface area contributed by atoms with Gasteiger partial charge in [0, 0.05) is 7.05 Å². The fourth-order valence-corrected chi connectivity index (χ4v) is 1.90. The van der Waals surface area contributed by atoms with E-state index in [1.165, 1.54) is 4.31 Å². The highest BCUT2D eigenvalue weighted by molar-refractivity contribution is 7.92. The Morgan fingerprint density at radius 1 is 1.40 bits per heavy atom. The number of nitrogens with zero attached hydrogens (tertiary/aromatic N) is 1. The van der Waals surface area contributed by atoms with Gasteiger partial charge < -0.3 is 4.74 Å². The first-order chi connectivity index (χ1) is 9.54. The lowest BCUT2D eigenvalue weighted by Crippen LogP contribution is -2.23. The summed E-state index contributed by atoms with van der Waals surface area (Å²) in [5.74, 6) is 0.959. The Kier molecular flexibility index (Phi) is 7.47. The first-order valence-corrected chi connectivity index (χ1v) is 7.59. The summed E-state index contributed by atoms with van der Waals surface area (Å²) < 4.78 is 12.0. The monoisotopic (exact) mass is 297 g/mol. The number of carbonyl (C=O) groups is 1. The maximum Gasteiger partial charge on any atom is 0.426 e. The van der Waals surface area contributed by atoms with Crippen molar-refractivity contribution >= 4 is 18.3 Å². The van der Waals surface area contributed by atoms with Crippen LogP contribution in [0.3, 0.4) is 0 Å². The summed E-state index contributed by atoms with van der Waals surface area (Å²) in [6.45, 7) is 6.92. The van der Waals surface area contributed by atoms with Gasteiger partial charge in [-0.1, -0.05) is 39.3 Å². The van der Waals surface area contributed by atoms with Crippen molar-refractivity contribution in [1.29, 1.82) is 0 Å². The van der Waals surface area contributed by atoms with Gasteiger partial charge in [-0.05, 0) is 30.0 Å². The van der Waals surface area contributed by atoms with E-state index in [2.05, 4.69) is 20.8 Å². The topological polar surface area (TPSA) is 38.8 Å². The summed E-state index contributed by atoms with van der Waals surface area (Å²) in [5.41, 5.74) is 1.14. The average molecular weight is 297 g/mol. The molecule has 1 amide bonds. The minimum absolute atomic E-state index is 0.401. The Bertz CT molecular complexity index is 423. The molecule has 0 saturated heterocycles. The highest BCUT2D eigenvalue weighted by Gasteiger charge is 2.13. The van der Waals surface area contributed by atoms with Gasteiger partial charge in [-0.2, -0.15) is 0 Å². The van der Waals surface area contributed by atoms with Crippen LogP contribution in [0.5, 0.6) is 5.75 Å². The van der Waals surface area contributed by atoms with Crippen LogP contribution in [0.15, 0.2) is 24.3 Å². The predicted octanol–water partition coefficient (Wildman–Crippen LogP) is 4.62. The van der Waals surface area contributed by atoms with Gasteiger partial charge in [-0.3, -0.25) is 4.18 Å². The predicted molar refractivity (Wildman–Crippen MR) is 82.8 cm³/mol. The van der Waals surface area contributed by atoms with Crippen LogP contribution < -0.4 is 4.74 Å². The van der Waals surface area contributed by atoms with Crippen LogP contribution in [0.1, 0.15) is 45.1 Å². The van der Waals surface area contributed by atoms with Gasteiger partial charge in [-0.15, -0.1) is 0 Å². The standard InChI is InChI=1S/C15H23NO3S/c1-5-6-10-18-20-16(4)15(17)19-14-9-7-8-13(11-14)12(2)3/h7-9,11-12H,5-6,10H2,1-4H3. The maximum atomic E-state index is 11.9. The second-order valence-electron chi connectivity index (χ2n) is 4.84. The zero-order valence-electron chi connectivity index (χ0n) is 12.6. The summed E-state index contributed by atoms with van der Waals surface area (Å²) in [5, 5.41) is 0. The number of amides is 1. The smallest absolute Gasteiger partial charge is 0.410 e. The van der Waals surface area contributed by atoms with Crippen molar-refractivity contribution in [2.75, 3.05) is 13.7 Å². The van der Waals surface area contributed by atoms with Gasteiger partial charge in [0.25, 0.3) is 0 Å². The molecular weight excluding hydrogens is 274 g/mol. The molecule has 0 fully saturated rings. The van der Waals surface area contributed by atoms with E-state index in [1.54, 1.807) is 13.1 Å². The third kappa shape index (κ3) is 5.84. The minimum Gasteiger partial charge on any atom is -0.410 e. The maximum absolute atomic E-state index is 11.9. The number of benzene rings is 1. The molecule has 0 aliphatic heterocycles. The summed E-state index contributed by atoms with van der Waals surface area (Å²) >= 11 is 1.01. The molecule has 112 valence electrons. The van der Waals surface area contributed by atoms with Crippen molar-refractivity contribution in [3.63, 3.8) is 0 Å². The minimum atomic E-state index is -0.438. The Morgan fingerprint density at radius 2 is 2.15 bits per heavy atom. The number of ether oxygens (including phenoxy) is 1. The Labute approximate surface area is 125 Å². The van der Waals surface area contributed by atoms with Gasteiger partial charge in [0.05, 0.1) is 6.61 Å². The lowest BCUT2D eigenvalue weighted by molar-refractivity contribution is 0.184. The van der Waals surface area contributed by atoms with Crippen LogP contribution in [-0.4, -0.2) is 24.1 Å². The van der Waals surface area contributed by atoms with E-state index in [0.717, 1.165) is 30.6 Å². The van der Waals surface area contributed by atoms with E-state index in [-0.39, 0.29) is 0 Å². The lowest BCUT2D eigenvalue weighted by atomic mass is 10.0. The normalized spacial score (nSPS) is 10.7. The fraction of sp³-hybridized carbons (Fsp3) is 0.533. The second kappa shape index (κ2) is 8.87. The molecular formula is C15H23NO3S. The first kappa shape index (κ1) is 16.9. The number of rotatable bonds is 7. The molecule has 20 heavy (non-hydrogen) atoms. The largest absolute Gasteiger partial charge is 0.426 e. The molecule has 0 saturated carbocycles. The third-order valence-electron chi connectivity index (χ3n) is 2.73. The Balaban J connectivity index is 2.46. The molecule has 1 aromatic carbocycles. The lowest BCUT2D eigenvalue weighted by Gasteiger charge is -2.15. The van der Waals surface area contributed by atoms with E-state index in [4.69, 9.17) is 8.92 Å². The third-order valence-corrected chi connectivity index (χ3v) is 3.38. The average Bonchev–Trinajstić information content (AvgIpc) is 2.43. The van der Waals surface area contributed by atoms with Crippen molar-refractivity contribution in [1.82, 2.24) is 4.31 Å². The number of carbonyl (C=O) groups excluding carboxylic acids is 1. The number of hydrogen-bond acceptors (Lipinski definition) is 4. The van der Waals surface area contributed by atoms with E-state index in [1.807, 2.05) is 18.2 Å². The van der Waals surface area contributed by atoms with Crippen LogP contribution in [0, 0.1) is 0 Å². The molecule has 0 aliphatic carbocycles. The quantitative estimate of drug-likeness (QED) is 0.418. The molecule has 0 radical (unpaired) electrons. The van der Waals surface area contributed by atoms with Crippen LogP contribution in [0.4, 0.5) is 4.79 Å². The summed E-state index contributed by atoms with van der Waals surface area (Å²) in [4.78, 5) is 11.9. The van der Waals surface area contributed by atoms with Crippen molar-refractivity contribution in [2.45, 2.75) is 39.5 Å². The molecule has 0 spiro atoms. The molecule has 0 unspecified atom stereocenters. The highest BCUT2D eigenvalue weighted by Crippen LogP contribution is 2.21. The van der Waals surface area contributed by atoms with Gasteiger partial charge in [0.2, 0.25) is 0 Å². The molecule has 5 heteroatoms. The zero-order valence-corrected chi connectivity index (χ0v) is 13.4. The first-order valence-electron chi connectivity index (χ1n) is 6.89. The molecule has 0 aromatic heterocycles.